The minimum Gasteiger partial charge on any atom is -0.437 e. The zero-order valence-electron chi connectivity index (χ0n) is 13.9. The molecule has 0 spiro atoms. The minimum atomic E-state index is -1.40. The second-order valence-electron chi connectivity index (χ2n) is 6.25. The molecule has 3 rings (SSSR count). The number of halogens is 2. The lowest BCUT2D eigenvalue weighted by Crippen LogP contribution is -2.16. The summed E-state index contributed by atoms with van der Waals surface area (Å²) < 4.78 is 34.4. The van der Waals surface area contributed by atoms with Gasteiger partial charge in [0.15, 0.2) is 5.76 Å². The average Bonchev–Trinajstić information content (AvgIpc) is 2.95. The van der Waals surface area contributed by atoms with Crippen molar-refractivity contribution in [2.75, 3.05) is 0 Å². The van der Waals surface area contributed by atoms with E-state index in [0.717, 1.165) is 12.1 Å². The van der Waals surface area contributed by atoms with E-state index < -0.39 is 17.2 Å². The summed E-state index contributed by atoms with van der Waals surface area (Å²) in [6, 6.07) is 5.96. The van der Waals surface area contributed by atoms with Crippen LogP contribution in [-0.4, -0.2) is 14.7 Å². The third-order valence-electron chi connectivity index (χ3n) is 3.69. The average molecular weight is 346 g/mol. The van der Waals surface area contributed by atoms with Gasteiger partial charge in [-0.05, 0) is 32.0 Å². The second kappa shape index (κ2) is 5.93. The van der Waals surface area contributed by atoms with E-state index in [2.05, 4.69) is 4.98 Å². The van der Waals surface area contributed by atoms with Crippen LogP contribution in [0.2, 0.25) is 0 Å². The van der Waals surface area contributed by atoms with E-state index >= 15 is 0 Å². The lowest BCUT2D eigenvalue weighted by molar-refractivity contribution is 0.0490. The first-order chi connectivity index (χ1) is 11.7. The lowest BCUT2D eigenvalue weighted by atomic mass is 10.1. The van der Waals surface area contributed by atoms with Crippen LogP contribution in [0.3, 0.4) is 0 Å². The molecule has 1 N–H and O–H groups in total. The van der Waals surface area contributed by atoms with Crippen LogP contribution < -0.4 is 5.56 Å². The SMILES string of the molecule is Cn1cc(-c2nc(C(C)(C)O)oc2-c2ccc(F)cc2F)ccc1=O. The van der Waals surface area contributed by atoms with E-state index in [1.807, 2.05) is 0 Å². The molecule has 5 nitrogen and oxygen atoms in total. The van der Waals surface area contributed by atoms with Crippen molar-refractivity contribution in [2.24, 2.45) is 7.05 Å². The van der Waals surface area contributed by atoms with Gasteiger partial charge < -0.3 is 14.1 Å². The second-order valence-corrected chi connectivity index (χ2v) is 6.25. The molecule has 0 amide bonds. The summed E-state index contributed by atoms with van der Waals surface area (Å²) in [4.78, 5) is 15.9. The van der Waals surface area contributed by atoms with Gasteiger partial charge >= 0.3 is 0 Å². The van der Waals surface area contributed by atoms with Gasteiger partial charge in [0.05, 0.1) is 5.56 Å². The van der Waals surface area contributed by atoms with E-state index in [1.54, 1.807) is 7.05 Å². The van der Waals surface area contributed by atoms with E-state index in [4.69, 9.17) is 4.42 Å². The highest BCUT2D eigenvalue weighted by molar-refractivity contribution is 5.76. The zero-order chi connectivity index (χ0) is 18.4. The first-order valence-corrected chi connectivity index (χ1v) is 7.53. The highest BCUT2D eigenvalue weighted by atomic mass is 19.1. The normalized spacial score (nSPS) is 11.8. The van der Waals surface area contributed by atoms with Gasteiger partial charge in [-0.1, -0.05) is 0 Å². The summed E-state index contributed by atoms with van der Waals surface area (Å²) in [7, 11) is 1.57. The first kappa shape index (κ1) is 17.0. The quantitative estimate of drug-likeness (QED) is 0.791. The number of hydrogen-bond donors (Lipinski definition) is 1. The Kier molecular flexibility index (Phi) is 4.04. The summed E-state index contributed by atoms with van der Waals surface area (Å²) in [6.45, 7) is 2.96. The number of nitrogens with zero attached hydrogens (tertiary/aromatic N) is 2. The smallest absolute Gasteiger partial charge is 0.250 e. The van der Waals surface area contributed by atoms with Gasteiger partial charge in [-0.25, -0.2) is 13.8 Å². The Bertz CT molecular complexity index is 1000. The van der Waals surface area contributed by atoms with E-state index in [9.17, 15) is 18.7 Å². The lowest BCUT2D eigenvalue weighted by Gasteiger charge is -2.11. The minimum absolute atomic E-state index is 0.00764. The Labute approximate surface area is 142 Å². The Morgan fingerprint density at radius 3 is 2.52 bits per heavy atom. The summed E-state index contributed by atoms with van der Waals surface area (Å²) in [5.41, 5.74) is -0.861. The molecule has 0 aliphatic heterocycles. The number of aromatic nitrogens is 2. The molecule has 2 heterocycles. The molecule has 0 fully saturated rings. The number of oxazole rings is 1. The molecule has 1 aromatic carbocycles. The van der Waals surface area contributed by atoms with Crippen LogP contribution in [0.25, 0.3) is 22.6 Å². The predicted molar refractivity (Wildman–Crippen MR) is 87.8 cm³/mol. The fourth-order valence-corrected chi connectivity index (χ4v) is 2.37. The van der Waals surface area contributed by atoms with Crippen molar-refractivity contribution < 1.29 is 18.3 Å². The van der Waals surface area contributed by atoms with Crippen molar-refractivity contribution in [3.8, 4) is 22.6 Å². The van der Waals surface area contributed by atoms with E-state index in [1.165, 1.54) is 42.8 Å². The Morgan fingerprint density at radius 1 is 1.20 bits per heavy atom. The van der Waals surface area contributed by atoms with Crippen LogP contribution in [0.4, 0.5) is 8.78 Å². The van der Waals surface area contributed by atoms with Crippen molar-refractivity contribution >= 4 is 0 Å². The van der Waals surface area contributed by atoms with Gasteiger partial charge in [0.25, 0.3) is 0 Å². The van der Waals surface area contributed by atoms with Gasteiger partial charge in [0.2, 0.25) is 11.4 Å². The molecule has 0 saturated heterocycles. The van der Waals surface area contributed by atoms with Crippen LogP contribution in [0.1, 0.15) is 19.7 Å². The number of aryl methyl sites for hydroxylation is 1. The Hall–Kier alpha value is -2.80. The molecule has 0 bridgehead atoms. The van der Waals surface area contributed by atoms with Crippen molar-refractivity contribution in [1.29, 1.82) is 0 Å². The van der Waals surface area contributed by atoms with Gasteiger partial charge in [-0.3, -0.25) is 4.79 Å². The fourth-order valence-electron chi connectivity index (χ4n) is 2.37. The number of benzene rings is 1. The Balaban J connectivity index is 2.28. The van der Waals surface area contributed by atoms with Gasteiger partial charge in [0.1, 0.15) is 22.9 Å². The van der Waals surface area contributed by atoms with Crippen molar-refractivity contribution in [3.05, 3.63) is 64.4 Å². The molecule has 0 atom stereocenters. The topological polar surface area (TPSA) is 68.3 Å². The van der Waals surface area contributed by atoms with E-state index in [0.29, 0.717) is 5.56 Å². The molecule has 0 saturated carbocycles. The molecular weight excluding hydrogens is 330 g/mol. The van der Waals surface area contributed by atoms with Crippen LogP contribution >= 0.6 is 0 Å². The fraction of sp³-hybridized carbons (Fsp3) is 0.222. The van der Waals surface area contributed by atoms with E-state index in [-0.39, 0.29) is 28.5 Å². The summed E-state index contributed by atoms with van der Waals surface area (Å²) in [5.74, 6) is -1.50. The first-order valence-electron chi connectivity index (χ1n) is 7.53. The largest absolute Gasteiger partial charge is 0.437 e. The third kappa shape index (κ3) is 3.23. The molecule has 0 radical (unpaired) electrons. The maximum absolute atomic E-state index is 14.2. The molecule has 0 aliphatic carbocycles. The number of aliphatic hydroxyl groups is 1. The molecule has 25 heavy (non-hydrogen) atoms. The summed E-state index contributed by atoms with van der Waals surface area (Å²) in [6.07, 6.45) is 1.53. The highest BCUT2D eigenvalue weighted by Crippen LogP contribution is 2.36. The van der Waals surface area contributed by atoms with Crippen LogP contribution in [0.5, 0.6) is 0 Å². The molecule has 7 heteroatoms. The molecular formula is C18H16F2N2O3. The standard InChI is InChI=1S/C18H16F2N2O3/c1-18(2,24)17-21-15(10-4-7-14(23)22(3)9-10)16(25-17)12-6-5-11(19)8-13(12)20/h4-9,24H,1-3H3. The maximum atomic E-state index is 14.2. The summed E-state index contributed by atoms with van der Waals surface area (Å²) >= 11 is 0. The Morgan fingerprint density at radius 2 is 1.92 bits per heavy atom. The molecule has 0 aliphatic rings. The molecule has 3 aromatic rings. The number of pyridine rings is 1. The highest BCUT2D eigenvalue weighted by Gasteiger charge is 2.28. The number of hydrogen-bond acceptors (Lipinski definition) is 4. The summed E-state index contributed by atoms with van der Waals surface area (Å²) in [5, 5.41) is 10.2. The van der Waals surface area contributed by atoms with Crippen molar-refractivity contribution in [3.63, 3.8) is 0 Å². The monoisotopic (exact) mass is 346 g/mol. The van der Waals surface area contributed by atoms with Crippen molar-refractivity contribution in [1.82, 2.24) is 9.55 Å². The third-order valence-corrected chi connectivity index (χ3v) is 3.69. The maximum Gasteiger partial charge on any atom is 0.250 e. The molecule has 2 aromatic heterocycles. The van der Waals surface area contributed by atoms with Gasteiger partial charge in [-0.15, -0.1) is 0 Å². The van der Waals surface area contributed by atoms with Gasteiger partial charge in [-0.2, -0.15) is 0 Å². The number of rotatable bonds is 3. The zero-order valence-corrected chi connectivity index (χ0v) is 13.9. The van der Waals surface area contributed by atoms with Crippen LogP contribution in [0, 0.1) is 11.6 Å². The van der Waals surface area contributed by atoms with Gasteiger partial charge in [0, 0.05) is 30.9 Å². The predicted octanol–water partition coefficient (Wildman–Crippen LogP) is 3.21. The van der Waals surface area contributed by atoms with Crippen LogP contribution in [-0.2, 0) is 12.6 Å². The van der Waals surface area contributed by atoms with Crippen LogP contribution in [0.15, 0.2) is 45.7 Å². The van der Waals surface area contributed by atoms with Crippen molar-refractivity contribution in [2.45, 2.75) is 19.4 Å². The molecule has 130 valence electrons. The molecule has 0 unspecified atom stereocenters.